The van der Waals surface area contributed by atoms with E-state index in [9.17, 15) is 18.5 Å². The Kier molecular flexibility index (Phi) is 6.96. The van der Waals surface area contributed by atoms with Gasteiger partial charge in [-0.3, -0.25) is 15.0 Å². The average molecular weight is 385 g/mol. The van der Waals surface area contributed by atoms with Crippen LogP contribution >= 0.6 is 0 Å². The number of benzene rings is 1. The van der Waals surface area contributed by atoms with Crippen molar-refractivity contribution in [3.05, 3.63) is 28.3 Å². The van der Waals surface area contributed by atoms with Crippen molar-refractivity contribution < 1.29 is 13.3 Å². The minimum Gasteiger partial charge on any atom is -0.378 e. The molecule has 1 saturated heterocycles. The summed E-state index contributed by atoms with van der Waals surface area (Å²) in [4.78, 5) is 13.0. The Balaban J connectivity index is 2.23. The Hall–Kier alpha value is -1.71. The summed E-state index contributed by atoms with van der Waals surface area (Å²) in [7, 11) is -3.98. The first-order chi connectivity index (χ1) is 12.3. The molecular weight excluding hydrogens is 356 g/mol. The van der Waals surface area contributed by atoms with E-state index in [1.54, 1.807) is 0 Å². The van der Waals surface area contributed by atoms with Gasteiger partial charge in [-0.15, -0.1) is 0 Å². The zero-order chi connectivity index (χ0) is 19.3. The number of rotatable bonds is 9. The quantitative estimate of drug-likeness (QED) is 0.499. The second-order valence-electron chi connectivity index (χ2n) is 6.75. The largest absolute Gasteiger partial charge is 0.378 e. The van der Waals surface area contributed by atoms with Crippen LogP contribution in [-0.2, 0) is 10.0 Å². The lowest BCUT2D eigenvalue weighted by Crippen LogP contribution is -2.43. The molecule has 0 spiro atoms. The lowest BCUT2D eigenvalue weighted by atomic mass is 9.93. The van der Waals surface area contributed by atoms with Crippen molar-refractivity contribution in [1.29, 1.82) is 0 Å². The first-order valence-electron chi connectivity index (χ1n) is 9.07. The zero-order valence-corrected chi connectivity index (χ0v) is 16.2. The van der Waals surface area contributed by atoms with Crippen LogP contribution in [0, 0.1) is 16.0 Å². The molecule has 9 heteroatoms. The molecule has 0 bridgehead atoms. The Labute approximate surface area is 155 Å². The minimum absolute atomic E-state index is 0.258. The molecule has 1 heterocycles. The van der Waals surface area contributed by atoms with Crippen LogP contribution < -0.4 is 10.5 Å². The maximum atomic E-state index is 11.5. The number of nitro benzene ring substituents is 1. The van der Waals surface area contributed by atoms with Crippen LogP contribution in [0.25, 0.3) is 0 Å². The number of anilines is 1. The Morgan fingerprint density at radius 3 is 2.38 bits per heavy atom. The van der Waals surface area contributed by atoms with E-state index in [1.807, 2.05) is 0 Å². The molecular formula is C17H28N4O4S. The number of sulfonamides is 1. The van der Waals surface area contributed by atoms with E-state index in [-0.39, 0.29) is 10.6 Å². The molecule has 146 valence electrons. The third-order valence-corrected chi connectivity index (χ3v) is 6.11. The Bertz CT molecular complexity index is 726. The van der Waals surface area contributed by atoms with Crippen molar-refractivity contribution in [2.24, 2.45) is 11.1 Å². The van der Waals surface area contributed by atoms with Gasteiger partial charge in [-0.1, -0.05) is 26.7 Å². The molecule has 0 radical (unpaired) electrons. The highest BCUT2D eigenvalue weighted by atomic mass is 32.2. The van der Waals surface area contributed by atoms with Gasteiger partial charge >= 0.3 is 0 Å². The van der Waals surface area contributed by atoms with Crippen LogP contribution in [0.4, 0.5) is 11.4 Å². The smallest absolute Gasteiger partial charge is 0.293 e. The van der Waals surface area contributed by atoms with Gasteiger partial charge in [-0.25, -0.2) is 13.6 Å². The van der Waals surface area contributed by atoms with E-state index in [1.165, 1.54) is 25.0 Å². The molecule has 8 nitrogen and oxygen atoms in total. The van der Waals surface area contributed by atoms with Crippen LogP contribution in [-0.4, -0.2) is 43.9 Å². The highest BCUT2D eigenvalue weighted by Crippen LogP contribution is 2.29. The molecule has 1 atom stereocenters. The standard InChI is InChI=1S/C17H28N4O4S/c1-3-13(4-2)17(20-9-5-6-10-20)12-19-15-8-7-14(26(18,24)25)11-16(15)21(22)23/h7-8,11,13,17,19H,3-6,9-10,12H2,1-2H3,(H2,18,24,25)/t17-/m1/s1. The van der Waals surface area contributed by atoms with Crippen molar-refractivity contribution in [1.82, 2.24) is 4.90 Å². The lowest BCUT2D eigenvalue weighted by Gasteiger charge is -2.34. The SMILES string of the molecule is CCC(CC)[C@@H](CNc1ccc(S(N)(=O)=O)cc1[N+](=O)[O-])N1CCCC1. The van der Waals surface area contributed by atoms with Gasteiger partial charge in [0.1, 0.15) is 5.69 Å². The topological polar surface area (TPSA) is 119 Å². The summed E-state index contributed by atoms with van der Waals surface area (Å²) in [6.45, 7) is 7.02. The molecule has 0 unspecified atom stereocenters. The molecule has 26 heavy (non-hydrogen) atoms. The molecule has 0 aromatic heterocycles. The first kappa shape index (κ1) is 20.6. The highest BCUT2D eigenvalue weighted by Gasteiger charge is 2.28. The molecule has 3 N–H and O–H groups in total. The molecule has 1 aliphatic heterocycles. The van der Waals surface area contributed by atoms with Gasteiger partial charge in [-0.05, 0) is 44.0 Å². The number of nitrogens with two attached hydrogens (primary N) is 1. The zero-order valence-electron chi connectivity index (χ0n) is 15.3. The fraction of sp³-hybridized carbons (Fsp3) is 0.647. The van der Waals surface area contributed by atoms with E-state index in [2.05, 4.69) is 24.1 Å². The molecule has 1 aromatic rings. The fourth-order valence-electron chi connectivity index (χ4n) is 3.70. The number of hydrogen-bond acceptors (Lipinski definition) is 6. The normalized spacial score (nSPS) is 16.8. The number of primary sulfonamides is 1. The van der Waals surface area contributed by atoms with E-state index in [0.717, 1.165) is 32.0 Å². The monoisotopic (exact) mass is 384 g/mol. The third-order valence-electron chi connectivity index (χ3n) is 5.20. The lowest BCUT2D eigenvalue weighted by molar-refractivity contribution is -0.384. The first-order valence-corrected chi connectivity index (χ1v) is 10.6. The Morgan fingerprint density at radius 1 is 1.27 bits per heavy atom. The summed E-state index contributed by atoms with van der Waals surface area (Å²) in [5.41, 5.74) is 0.0406. The molecule has 1 fully saturated rings. The third kappa shape index (κ3) is 4.93. The van der Waals surface area contributed by atoms with Crippen LogP contribution in [0.2, 0.25) is 0 Å². The number of nitrogens with zero attached hydrogens (tertiary/aromatic N) is 2. The van der Waals surface area contributed by atoms with Crippen molar-refractivity contribution in [3.63, 3.8) is 0 Å². The predicted octanol–water partition coefficient (Wildman–Crippen LogP) is 2.55. The van der Waals surface area contributed by atoms with Gasteiger partial charge in [-0.2, -0.15) is 0 Å². The summed E-state index contributed by atoms with van der Waals surface area (Å²) in [6.07, 6.45) is 4.46. The molecule has 0 saturated carbocycles. The van der Waals surface area contributed by atoms with Gasteiger partial charge in [0.25, 0.3) is 5.69 Å². The molecule has 1 aromatic carbocycles. The van der Waals surface area contributed by atoms with E-state index in [4.69, 9.17) is 5.14 Å². The number of nitro groups is 1. The van der Waals surface area contributed by atoms with E-state index < -0.39 is 14.9 Å². The van der Waals surface area contributed by atoms with Gasteiger partial charge < -0.3 is 5.32 Å². The average Bonchev–Trinajstić information content (AvgIpc) is 3.11. The van der Waals surface area contributed by atoms with Gasteiger partial charge in [0.15, 0.2) is 0 Å². The highest BCUT2D eigenvalue weighted by molar-refractivity contribution is 7.89. The number of hydrogen-bond donors (Lipinski definition) is 2. The second-order valence-corrected chi connectivity index (χ2v) is 8.31. The van der Waals surface area contributed by atoms with Crippen LogP contribution in [0.15, 0.2) is 23.1 Å². The summed E-state index contributed by atoms with van der Waals surface area (Å²) in [5, 5.41) is 19.6. The number of nitrogens with one attached hydrogen (secondary N) is 1. The Morgan fingerprint density at radius 2 is 1.88 bits per heavy atom. The summed E-state index contributed by atoms with van der Waals surface area (Å²) in [5.74, 6) is 0.503. The summed E-state index contributed by atoms with van der Waals surface area (Å²) < 4.78 is 22.9. The van der Waals surface area contributed by atoms with Gasteiger partial charge in [0.2, 0.25) is 10.0 Å². The van der Waals surface area contributed by atoms with Gasteiger partial charge in [0.05, 0.1) is 9.82 Å². The van der Waals surface area contributed by atoms with E-state index >= 15 is 0 Å². The molecule has 0 amide bonds. The maximum absolute atomic E-state index is 11.5. The van der Waals surface area contributed by atoms with Crippen LogP contribution in [0.1, 0.15) is 39.5 Å². The summed E-state index contributed by atoms with van der Waals surface area (Å²) in [6, 6.07) is 4.03. The van der Waals surface area contributed by atoms with Crippen molar-refractivity contribution >= 4 is 21.4 Å². The maximum Gasteiger partial charge on any atom is 0.293 e. The fourth-order valence-corrected chi connectivity index (χ4v) is 4.24. The minimum atomic E-state index is -3.98. The predicted molar refractivity (Wildman–Crippen MR) is 102 cm³/mol. The van der Waals surface area contributed by atoms with E-state index in [0.29, 0.717) is 24.2 Å². The van der Waals surface area contributed by atoms with Crippen molar-refractivity contribution in [2.45, 2.75) is 50.5 Å². The summed E-state index contributed by atoms with van der Waals surface area (Å²) >= 11 is 0. The van der Waals surface area contributed by atoms with Crippen molar-refractivity contribution in [3.8, 4) is 0 Å². The van der Waals surface area contributed by atoms with Crippen LogP contribution in [0.3, 0.4) is 0 Å². The van der Waals surface area contributed by atoms with Crippen LogP contribution in [0.5, 0.6) is 0 Å². The molecule has 2 rings (SSSR count). The molecule has 1 aliphatic rings. The second kappa shape index (κ2) is 8.79. The van der Waals surface area contributed by atoms with Crippen molar-refractivity contribution in [2.75, 3.05) is 25.0 Å². The number of likely N-dealkylation sites (tertiary alicyclic amines) is 1. The van der Waals surface area contributed by atoms with Gasteiger partial charge in [0, 0.05) is 18.7 Å². The molecule has 0 aliphatic carbocycles.